The van der Waals surface area contributed by atoms with Gasteiger partial charge in [-0.2, -0.15) is 11.8 Å². The van der Waals surface area contributed by atoms with E-state index in [1.807, 2.05) is 42.1 Å². The van der Waals surface area contributed by atoms with Crippen molar-refractivity contribution < 1.29 is 4.79 Å². The second kappa shape index (κ2) is 6.37. The van der Waals surface area contributed by atoms with Crippen LogP contribution in [0.2, 0.25) is 0 Å². The van der Waals surface area contributed by atoms with Crippen molar-refractivity contribution in [2.75, 3.05) is 18.1 Å². The van der Waals surface area contributed by atoms with Crippen molar-refractivity contribution in [1.29, 1.82) is 0 Å². The highest BCUT2D eigenvalue weighted by atomic mass is 32.2. The first-order valence-corrected chi connectivity index (χ1v) is 8.14. The summed E-state index contributed by atoms with van der Waals surface area (Å²) in [5.41, 5.74) is 2.05. The number of carbonyl (C=O) groups excluding carboxylic acids is 1. The van der Waals surface area contributed by atoms with Crippen LogP contribution in [0.4, 0.5) is 0 Å². The Morgan fingerprint density at radius 2 is 2.25 bits per heavy atom. The van der Waals surface area contributed by atoms with Crippen molar-refractivity contribution in [2.24, 2.45) is 0 Å². The molecular weight excluding hydrogens is 268 g/mol. The van der Waals surface area contributed by atoms with Crippen LogP contribution >= 0.6 is 11.8 Å². The van der Waals surface area contributed by atoms with Crippen molar-refractivity contribution >= 4 is 28.4 Å². The zero-order valence-corrected chi connectivity index (χ0v) is 12.2. The minimum absolute atomic E-state index is 0.307. The molecule has 1 unspecified atom stereocenters. The van der Waals surface area contributed by atoms with Gasteiger partial charge in [0.1, 0.15) is 5.78 Å². The van der Waals surface area contributed by atoms with Gasteiger partial charge in [-0.3, -0.25) is 9.78 Å². The minimum Gasteiger partial charge on any atom is -0.312 e. The van der Waals surface area contributed by atoms with Crippen molar-refractivity contribution in [2.45, 2.75) is 18.9 Å². The monoisotopic (exact) mass is 286 g/mol. The molecule has 2 aromatic rings. The minimum atomic E-state index is 0.307. The fraction of sp³-hybridized carbons (Fsp3) is 0.375. The zero-order chi connectivity index (χ0) is 13.8. The largest absolute Gasteiger partial charge is 0.312 e. The van der Waals surface area contributed by atoms with E-state index in [1.54, 1.807) is 6.20 Å². The van der Waals surface area contributed by atoms with Crippen LogP contribution in [-0.2, 0) is 11.2 Å². The molecule has 3 nitrogen and oxygen atoms in total. The number of hydrogen-bond acceptors (Lipinski definition) is 4. The maximum atomic E-state index is 12.3. The third-order valence-corrected chi connectivity index (χ3v) is 4.73. The molecule has 1 aromatic heterocycles. The Balaban J connectivity index is 1.71. The van der Waals surface area contributed by atoms with Crippen molar-refractivity contribution in [3.63, 3.8) is 0 Å². The van der Waals surface area contributed by atoms with Crippen LogP contribution in [0.25, 0.3) is 10.9 Å². The molecule has 1 N–H and O–H groups in total. The lowest BCUT2D eigenvalue weighted by Gasteiger charge is -2.22. The quantitative estimate of drug-likeness (QED) is 0.937. The van der Waals surface area contributed by atoms with E-state index in [1.165, 1.54) is 0 Å². The summed E-state index contributed by atoms with van der Waals surface area (Å²) < 4.78 is 0. The Labute approximate surface area is 123 Å². The number of hydrogen-bond donors (Lipinski definition) is 1. The van der Waals surface area contributed by atoms with Gasteiger partial charge in [-0.05, 0) is 17.7 Å². The summed E-state index contributed by atoms with van der Waals surface area (Å²) in [6.07, 6.45) is 2.93. The summed E-state index contributed by atoms with van der Waals surface area (Å²) in [4.78, 5) is 16.6. The first-order valence-electron chi connectivity index (χ1n) is 6.98. The summed E-state index contributed by atoms with van der Waals surface area (Å²) in [6.45, 7) is 1.01. The van der Waals surface area contributed by atoms with Crippen LogP contribution in [0, 0.1) is 0 Å². The fourth-order valence-corrected chi connectivity index (χ4v) is 3.57. The number of fused-ring (bicyclic) bond motifs is 1. The number of benzene rings is 1. The predicted octanol–water partition coefficient (Wildman–Crippen LogP) is 2.44. The smallest absolute Gasteiger partial charge is 0.138 e. The van der Waals surface area contributed by atoms with Gasteiger partial charge in [-0.25, -0.2) is 0 Å². The average molecular weight is 286 g/mol. The molecule has 0 amide bonds. The lowest BCUT2D eigenvalue weighted by molar-refractivity contribution is -0.118. The third kappa shape index (κ3) is 3.19. The van der Waals surface area contributed by atoms with E-state index in [2.05, 4.69) is 10.3 Å². The summed E-state index contributed by atoms with van der Waals surface area (Å²) in [5.74, 6) is 2.50. The zero-order valence-electron chi connectivity index (χ0n) is 11.3. The number of Topliss-reactive ketones (excluding diaryl/α,β-unsaturated/α-hetero) is 1. The SMILES string of the molecule is O=C(Cc1ccnc2ccccc12)CC1CSCCN1. The lowest BCUT2D eigenvalue weighted by atomic mass is 10.0. The summed E-state index contributed by atoms with van der Waals surface area (Å²) >= 11 is 1.93. The molecule has 1 saturated heterocycles. The molecule has 1 aromatic carbocycles. The molecule has 2 heterocycles. The fourth-order valence-electron chi connectivity index (χ4n) is 2.62. The van der Waals surface area contributed by atoms with Gasteiger partial charge in [0.2, 0.25) is 0 Å². The van der Waals surface area contributed by atoms with E-state index in [0.29, 0.717) is 24.7 Å². The molecule has 0 bridgehead atoms. The number of thioether (sulfide) groups is 1. The van der Waals surface area contributed by atoms with Crippen molar-refractivity contribution in [3.8, 4) is 0 Å². The second-order valence-corrected chi connectivity index (χ2v) is 6.28. The van der Waals surface area contributed by atoms with Gasteiger partial charge in [0, 0.05) is 48.5 Å². The number of aromatic nitrogens is 1. The van der Waals surface area contributed by atoms with Gasteiger partial charge < -0.3 is 5.32 Å². The first-order chi connectivity index (χ1) is 9.83. The summed E-state index contributed by atoms with van der Waals surface area (Å²) in [5, 5.41) is 4.51. The van der Waals surface area contributed by atoms with Gasteiger partial charge in [0.05, 0.1) is 5.52 Å². The van der Waals surface area contributed by atoms with Crippen LogP contribution in [0.15, 0.2) is 36.5 Å². The van der Waals surface area contributed by atoms with Gasteiger partial charge in [0.25, 0.3) is 0 Å². The Morgan fingerprint density at radius 3 is 3.10 bits per heavy atom. The topological polar surface area (TPSA) is 42.0 Å². The average Bonchev–Trinajstić information content (AvgIpc) is 2.48. The van der Waals surface area contributed by atoms with Crippen molar-refractivity contribution in [3.05, 3.63) is 42.1 Å². The lowest BCUT2D eigenvalue weighted by Crippen LogP contribution is -2.39. The predicted molar refractivity (Wildman–Crippen MR) is 84.2 cm³/mol. The molecular formula is C16H18N2OS. The highest BCUT2D eigenvalue weighted by Gasteiger charge is 2.17. The maximum absolute atomic E-state index is 12.3. The number of ketones is 1. The number of nitrogens with zero attached hydrogens (tertiary/aromatic N) is 1. The Bertz CT molecular complexity index is 603. The van der Waals surface area contributed by atoms with Crippen LogP contribution in [0.3, 0.4) is 0 Å². The number of carbonyl (C=O) groups is 1. The molecule has 1 aliphatic rings. The van der Waals surface area contributed by atoms with E-state index in [0.717, 1.165) is 34.5 Å². The van der Waals surface area contributed by atoms with Crippen LogP contribution < -0.4 is 5.32 Å². The van der Waals surface area contributed by atoms with Crippen LogP contribution in [-0.4, -0.2) is 34.9 Å². The highest BCUT2D eigenvalue weighted by molar-refractivity contribution is 7.99. The Hall–Kier alpha value is -1.39. The van der Waals surface area contributed by atoms with E-state index in [-0.39, 0.29) is 0 Å². The van der Waals surface area contributed by atoms with Gasteiger partial charge in [-0.1, -0.05) is 18.2 Å². The maximum Gasteiger partial charge on any atom is 0.138 e. The molecule has 20 heavy (non-hydrogen) atoms. The third-order valence-electron chi connectivity index (χ3n) is 3.60. The number of rotatable bonds is 4. The van der Waals surface area contributed by atoms with Gasteiger partial charge >= 0.3 is 0 Å². The molecule has 1 atom stereocenters. The number of para-hydroxylation sites is 1. The molecule has 1 fully saturated rings. The van der Waals surface area contributed by atoms with Gasteiger partial charge in [0.15, 0.2) is 0 Å². The van der Waals surface area contributed by atoms with Gasteiger partial charge in [-0.15, -0.1) is 0 Å². The van der Waals surface area contributed by atoms with Crippen LogP contribution in [0.5, 0.6) is 0 Å². The normalized spacial score (nSPS) is 19.1. The Morgan fingerprint density at radius 1 is 1.35 bits per heavy atom. The molecule has 104 valence electrons. The molecule has 0 aliphatic carbocycles. The van der Waals surface area contributed by atoms with E-state index in [4.69, 9.17) is 0 Å². The van der Waals surface area contributed by atoms with E-state index >= 15 is 0 Å². The molecule has 4 heteroatoms. The molecule has 1 aliphatic heterocycles. The summed E-state index contributed by atoms with van der Waals surface area (Å²) in [6, 6.07) is 10.3. The van der Waals surface area contributed by atoms with E-state index < -0.39 is 0 Å². The molecule has 3 rings (SSSR count). The number of pyridine rings is 1. The standard InChI is InChI=1S/C16H18N2OS/c19-14(10-13-11-20-8-7-17-13)9-12-5-6-18-16-4-2-1-3-15(12)16/h1-6,13,17H,7-11H2. The molecule has 0 radical (unpaired) electrons. The molecule has 0 saturated carbocycles. The second-order valence-electron chi connectivity index (χ2n) is 5.13. The summed E-state index contributed by atoms with van der Waals surface area (Å²) in [7, 11) is 0. The van der Waals surface area contributed by atoms with Crippen molar-refractivity contribution in [1.82, 2.24) is 10.3 Å². The van der Waals surface area contributed by atoms with Crippen LogP contribution in [0.1, 0.15) is 12.0 Å². The number of nitrogens with one attached hydrogen (secondary N) is 1. The Kier molecular flexibility index (Phi) is 4.33. The first kappa shape index (κ1) is 13.6. The molecule has 0 spiro atoms. The highest BCUT2D eigenvalue weighted by Crippen LogP contribution is 2.18. The van der Waals surface area contributed by atoms with E-state index in [9.17, 15) is 4.79 Å².